The Morgan fingerprint density at radius 3 is 2.51 bits per heavy atom. The van der Waals surface area contributed by atoms with Crippen LogP contribution in [0.2, 0.25) is 0 Å². The van der Waals surface area contributed by atoms with Crippen molar-refractivity contribution in [1.82, 2.24) is 14.5 Å². The van der Waals surface area contributed by atoms with Crippen molar-refractivity contribution in [3.8, 4) is 11.5 Å². The van der Waals surface area contributed by atoms with Crippen LogP contribution in [0, 0.1) is 0 Å². The summed E-state index contributed by atoms with van der Waals surface area (Å²) in [6.07, 6.45) is 3.95. The quantitative estimate of drug-likeness (QED) is 0.552. The molecule has 35 heavy (non-hydrogen) atoms. The van der Waals surface area contributed by atoms with Crippen LogP contribution in [0.3, 0.4) is 0 Å². The van der Waals surface area contributed by atoms with E-state index in [-0.39, 0.29) is 4.90 Å². The van der Waals surface area contributed by atoms with Crippen LogP contribution in [-0.2, 0) is 14.8 Å². The highest BCUT2D eigenvalue weighted by Crippen LogP contribution is 2.29. The Balaban J connectivity index is 1.48. The number of carbonyl (C=O) groups is 1. The van der Waals surface area contributed by atoms with E-state index in [1.165, 1.54) is 16.8 Å². The highest BCUT2D eigenvalue weighted by Gasteiger charge is 2.28. The Kier molecular flexibility index (Phi) is 6.80. The number of benzene rings is 2. The second-order valence-electron chi connectivity index (χ2n) is 8.52. The molecule has 0 saturated carbocycles. The second kappa shape index (κ2) is 10.1. The van der Waals surface area contributed by atoms with Crippen molar-refractivity contribution in [1.29, 1.82) is 0 Å². The lowest BCUT2D eigenvalue weighted by molar-refractivity contribution is 0.102. The van der Waals surface area contributed by atoms with Gasteiger partial charge in [0.1, 0.15) is 0 Å². The van der Waals surface area contributed by atoms with Gasteiger partial charge in [-0.2, -0.15) is 4.31 Å². The molecule has 10 nitrogen and oxygen atoms in total. The van der Waals surface area contributed by atoms with E-state index in [0.29, 0.717) is 67.8 Å². The lowest BCUT2D eigenvalue weighted by Gasteiger charge is -2.31. The van der Waals surface area contributed by atoms with Crippen LogP contribution < -0.4 is 10.2 Å². The average molecular weight is 498 g/mol. The van der Waals surface area contributed by atoms with Gasteiger partial charge < -0.3 is 19.4 Å². The fourth-order valence-electron chi connectivity index (χ4n) is 4.42. The van der Waals surface area contributed by atoms with Crippen LogP contribution in [0.25, 0.3) is 11.5 Å². The number of nitrogens with one attached hydrogen (secondary N) is 1. The summed E-state index contributed by atoms with van der Waals surface area (Å²) in [7, 11) is -3.69. The lowest BCUT2D eigenvalue weighted by atomic mass is 10.1. The number of piperidine rings is 1. The van der Waals surface area contributed by atoms with E-state index in [2.05, 4.69) is 15.5 Å². The number of anilines is 2. The first kappa shape index (κ1) is 23.5. The van der Waals surface area contributed by atoms with Gasteiger partial charge >= 0.3 is 0 Å². The largest absolute Gasteiger partial charge is 0.423 e. The molecule has 0 spiro atoms. The predicted octanol–water partition coefficient (Wildman–Crippen LogP) is 3.00. The van der Waals surface area contributed by atoms with Gasteiger partial charge in [-0.15, -0.1) is 10.2 Å². The molecule has 3 aromatic rings. The number of rotatable bonds is 6. The molecule has 1 N–H and O–H groups in total. The molecular weight excluding hydrogens is 470 g/mol. The van der Waals surface area contributed by atoms with Crippen LogP contribution >= 0.6 is 0 Å². The molecule has 0 bridgehead atoms. The first-order valence-corrected chi connectivity index (χ1v) is 13.1. The second-order valence-corrected chi connectivity index (χ2v) is 10.5. The number of ether oxygens (including phenoxy) is 1. The molecule has 2 aliphatic rings. The predicted molar refractivity (Wildman–Crippen MR) is 130 cm³/mol. The monoisotopic (exact) mass is 497 g/mol. The van der Waals surface area contributed by atoms with E-state index in [9.17, 15) is 13.2 Å². The van der Waals surface area contributed by atoms with Crippen LogP contribution in [0.4, 0.5) is 11.4 Å². The van der Waals surface area contributed by atoms with Gasteiger partial charge in [0.25, 0.3) is 5.91 Å². The highest BCUT2D eigenvalue weighted by molar-refractivity contribution is 7.89. The molecular formula is C24H27N5O5S. The summed E-state index contributed by atoms with van der Waals surface area (Å²) >= 11 is 0. The summed E-state index contributed by atoms with van der Waals surface area (Å²) in [6, 6.07) is 11.9. The van der Waals surface area contributed by atoms with Gasteiger partial charge in [-0.25, -0.2) is 8.42 Å². The molecule has 0 atom stereocenters. The maximum atomic E-state index is 13.5. The van der Waals surface area contributed by atoms with Crippen LogP contribution in [0.5, 0.6) is 0 Å². The number of hydrogen-bond donors (Lipinski definition) is 1. The molecule has 0 radical (unpaired) electrons. The molecule has 5 rings (SSSR count). The molecule has 3 heterocycles. The minimum atomic E-state index is -3.69. The fraction of sp³-hybridized carbons (Fsp3) is 0.375. The number of aromatic nitrogens is 2. The molecule has 184 valence electrons. The lowest BCUT2D eigenvalue weighted by Crippen LogP contribution is -2.38. The Morgan fingerprint density at radius 1 is 0.971 bits per heavy atom. The number of morpholine rings is 1. The Bertz CT molecular complexity index is 1280. The summed E-state index contributed by atoms with van der Waals surface area (Å²) in [4.78, 5) is 15.7. The third kappa shape index (κ3) is 5.07. The number of carbonyl (C=O) groups excluding carboxylic acids is 1. The van der Waals surface area contributed by atoms with E-state index in [1.807, 2.05) is 4.90 Å². The topological polar surface area (TPSA) is 118 Å². The first-order chi connectivity index (χ1) is 17.0. The van der Waals surface area contributed by atoms with Crippen molar-refractivity contribution in [2.45, 2.75) is 24.2 Å². The van der Waals surface area contributed by atoms with Gasteiger partial charge in [-0.3, -0.25) is 4.79 Å². The number of nitrogens with zero attached hydrogens (tertiary/aromatic N) is 4. The van der Waals surface area contributed by atoms with E-state index < -0.39 is 15.9 Å². The first-order valence-electron chi connectivity index (χ1n) is 11.7. The highest BCUT2D eigenvalue weighted by atomic mass is 32.2. The van der Waals surface area contributed by atoms with Gasteiger partial charge in [0, 0.05) is 43.1 Å². The molecule has 2 saturated heterocycles. The number of amides is 1. The van der Waals surface area contributed by atoms with Gasteiger partial charge in [0.15, 0.2) is 0 Å². The van der Waals surface area contributed by atoms with Gasteiger partial charge in [-0.05, 0) is 49.2 Å². The zero-order valence-electron chi connectivity index (χ0n) is 19.2. The summed E-state index contributed by atoms with van der Waals surface area (Å²) in [5.74, 6) is -0.0606. The normalized spacial score (nSPS) is 17.3. The molecule has 11 heteroatoms. The van der Waals surface area contributed by atoms with Gasteiger partial charge in [-0.1, -0.05) is 12.5 Å². The van der Waals surface area contributed by atoms with Crippen molar-refractivity contribution in [3.63, 3.8) is 0 Å². The Labute approximate surface area is 203 Å². The number of sulfonamides is 1. The van der Waals surface area contributed by atoms with Crippen molar-refractivity contribution in [2.75, 3.05) is 49.6 Å². The summed E-state index contributed by atoms with van der Waals surface area (Å²) in [5.41, 5.74) is 2.17. The Morgan fingerprint density at radius 2 is 1.77 bits per heavy atom. The zero-order valence-corrected chi connectivity index (χ0v) is 20.0. The van der Waals surface area contributed by atoms with Crippen LogP contribution in [-0.4, -0.2) is 68.2 Å². The van der Waals surface area contributed by atoms with E-state index in [4.69, 9.17) is 9.15 Å². The molecule has 1 aromatic heterocycles. The minimum absolute atomic E-state index is 0.126. The maximum Gasteiger partial charge on any atom is 0.257 e. The smallest absolute Gasteiger partial charge is 0.257 e. The van der Waals surface area contributed by atoms with Gasteiger partial charge in [0.2, 0.25) is 22.3 Å². The molecule has 2 fully saturated rings. The van der Waals surface area contributed by atoms with E-state index >= 15 is 0 Å². The average Bonchev–Trinajstić information content (AvgIpc) is 3.45. The third-order valence-corrected chi connectivity index (χ3v) is 8.14. The summed E-state index contributed by atoms with van der Waals surface area (Å²) < 4.78 is 38.9. The molecule has 2 aliphatic heterocycles. The molecule has 2 aromatic carbocycles. The van der Waals surface area contributed by atoms with Crippen molar-refractivity contribution in [2.24, 2.45) is 0 Å². The fourth-order valence-corrected chi connectivity index (χ4v) is 5.96. The van der Waals surface area contributed by atoms with E-state index in [0.717, 1.165) is 19.3 Å². The van der Waals surface area contributed by atoms with E-state index in [1.54, 1.807) is 36.4 Å². The molecule has 0 aliphatic carbocycles. The maximum absolute atomic E-state index is 13.5. The van der Waals surface area contributed by atoms with Crippen molar-refractivity contribution < 1.29 is 22.4 Å². The summed E-state index contributed by atoms with van der Waals surface area (Å²) in [6.45, 7) is 3.31. The Hall–Kier alpha value is -3.28. The molecule has 1 amide bonds. The third-order valence-electron chi connectivity index (χ3n) is 6.24. The van der Waals surface area contributed by atoms with Crippen molar-refractivity contribution >= 4 is 27.3 Å². The van der Waals surface area contributed by atoms with Gasteiger partial charge in [0.05, 0.1) is 23.7 Å². The zero-order chi connectivity index (χ0) is 24.3. The standard InChI is InChI=1S/C24H27N5O5S/c30-23(26-19-6-4-5-18(15-19)24-27-25-17-34-24)21-16-20(35(31,32)29-9-2-1-3-10-29)7-8-22(21)28-11-13-33-14-12-28/h4-8,15-17H,1-3,9-14H2,(H,26,30). The summed E-state index contributed by atoms with van der Waals surface area (Å²) in [5, 5.41) is 10.5. The SMILES string of the molecule is O=C(Nc1cccc(-c2nnco2)c1)c1cc(S(=O)(=O)N2CCCCC2)ccc1N1CCOCC1. The van der Waals surface area contributed by atoms with Crippen molar-refractivity contribution in [3.05, 3.63) is 54.4 Å². The number of hydrogen-bond acceptors (Lipinski definition) is 8. The minimum Gasteiger partial charge on any atom is -0.423 e. The molecule has 0 unspecified atom stereocenters. The van der Waals surface area contributed by atoms with Crippen LogP contribution in [0.1, 0.15) is 29.6 Å². The van der Waals surface area contributed by atoms with Crippen LogP contribution in [0.15, 0.2) is 58.2 Å².